The Labute approximate surface area is 287 Å². The molecular formula is C37H50O12. The summed E-state index contributed by atoms with van der Waals surface area (Å²) < 4.78 is 42.1. The first-order valence-corrected chi connectivity index (χ1v) is 17.0. The van der Waals surface area contributed by atoms with Crippen molar-refractivity contribution < 1.29 is 56.8 Å². The standard InChI is InChI=1S/C37H50O12/c1-18(2)34(42)49-33-31-32-35(7,17-45-31)27(47-21(5)39)15-28(48-22(6)40)36(32,8)26(14-29(41)43-10)37(33,9)30-19(3)24(23-11-12-44-16-23)13-25(30)46-20(4)38/h11-12,16,18,24-28,31-33H,13-15,17H2,1-10H3/t24-,25+,26-,27-,28+,31-,32-,33?,35-,36+,37-/m1/s1. The van der Waals surface area contributed by atoms with E-state index in [0.29, 0.717) is 12.0 Å². The molecule has 11 atom stereocenters. The van der Waals surface area contributed by atoms with Gasteiger partial charge in [-0.1, -0.05) is 40.2 Å². The Hall–Kier alpha value is -3.67. The molecule has 4 aliphatic rings. The van der Waals surface area contributed by atoms with E-state index in [0.717, 1.165) is 11.1 Å². The van der Waals surface area contributed by atoms with E-state index in [1.54, 1.807) is 26.4 Å². The molecule has 1 aromatic heterocycles. The quantitative estimate of drug-likeness (QED) is 0.193. The first-order valence-electron chi connectivity index (χ1n) is 17.0. The average Bonchev–Trinajstić information content (AvgIpc) is 3.74. The van der Waals surface area contributed by atoms with Crippen LogP contribution in [0.2, 0.25) is 0 Å². The van der Waals surface area contributed by atoms with Crippen LogP contribution in [-0.2, 0) is 52.4 Å². The van der Waals surface area contributed by atoms with Gasteiger partial charge in [-0.2, -0.15) is 0 Å². The molecule has 1 unspecified atom stereocenters. The molecule has 12 heteroatoms. The molecule has 1 aliphatic heterocycles. The number of methoxy groups -OCH3 is 1. The second-order valence-corrected chi connectivity index (χ2v) is 15.2. The average molecular weight is 687 g/mol. The number of ether oxygens (including phenoxy) is 6. The van der Waals surface area contributed by atoms with Gasteiger partial charge >= 0.3 is 29.8 Å². The zero-order chi connectivity index (χ0) is 36.2. The molecule has 270 valence electrons. The van der Waals surface area contributed by atoms with E-state index < -0.39 is 94.4 Å². The highest BCUT2D eigenvalue weighted by Gasteiger charge is 2.77. The maximum absolute atomic E-state index is 13.7. The molecule has 49 heavy (non-hydrogen) atoms. The van der Waals surface area contributed by atoms with Gasteiger partial charge < -0.3 is 32.8 Å². The summed E-state index contributed by atoms with van der Waals surface area (Å²) in [5.74, 6) is -4.44. The third-order valence-corrected chi connectivity index (χ3v) is 12.0. The molecule has 0 spiro atoms. The van der Waals surface area contributed by atoms with Gasteiger partial charge in [-0.05, 0) is 36.5 Å². The van der Waals surface area contributed by atoms with Crippen molar-refractivity contribution in [2.24, 2.45) is 34.0 Å². The number of allylic oxidation sites excluding steroid dienone is 1. The summed E-state index contributed by atoms with van der Waals surface area (Å²) in [6.45, 7) is 15.5. The van der Waals surface area contributed by atoms with Crippen molar-refractivity contribution in [3.63, 3.8) is 0 Å². The van der Waals surface area contributed by atoms with Crippen LogP contribution >= 0.6 is 0 Å². The highest BCUT2D eigenvalue weighted by molar-refractivity contribution is 5.73. The molecule has 0 N–H and O–H groups in total. The van der Waals surface area contributed by atoms with Gasteiger partial charge in [0.15, 0.2) is 0 Å². The van der Waals surface area contributed by atoms with Gasteiger partial charge in [0.05, 0.1) is 38.3 Å². The van der Waals surface area contributed by atoms with Gasteiger partial charge in [-0.15, -0.1) is 0 Å². The van der Waals surface area contributed by atoms with Crippen molar-refractivity contribution >= 4 is 29.8 Å². The largest absolute Gasteiger partial charge is 0.472 e. The molecule has 0 bridgehead atoms. The summed E-state index contributed by atoms with van der Waals surface area (Å²) in [5.41, 5.74) is -0.578. The van der Waals surface area contributed by atoms with Crippen LogP contribution in [0.4, 0.5) is 0 Å². The fraction of sp³-hybridized carbons (Fsp3) is 0.703. The molecule has 0 amide bonds. The minimum absolute atomic E-state index is 0.144. The Morgan fingerprint density at radius 3 is 2.10 bits per heavy atom. The van der Waals surface area contributed by atoms with Crippen LogP contribution in [0.25, 0.3) is 0 Å². The number of rotatable bonds is 9. The van der Waals surface area contributed by atoms with Crippen molar-refractivity contribution in [1.29, 1.82) is 0 Å². The predicted octanol–water partition coefficient (Wildman–Crippen LogP) is 5.08. The van der Waals surface area contributed by atoms with Crippen molar-refractivity contribution in [3.05, 3.63) is 35.3 Å². The van der Waals surface area contributed by atoms with E-state index in [2.05, 4.69) is 0 Å². The van der Waals surface area contributed by atoms with Gasteiger partial charge in [0.25, 0.3) is 0 Å². The van der Waals surface area contributed by atoms with Crippen molar-refractivity contribution in [3.8, 4) is 0 Å². The third kappa shape index (κ3) is 5.97. The zero-order valence-electron chi connectivity index (χ0n) is 30.2. The van der Waals surface area contributed by atoms with Gasteiger partial charge in [-0.3, -0.25) is 24.0 Å². The van der Waals surface area contributed by atoms with Gasteiger partial charge in [-0.25, -0.2) is 0 Å². The molecule has 2 heterocycles. The molecule has 3 fully saturated rings. The Kier molecular flexibility index (Phi) is 9.88. The van der Waals surface area contributed by atoms with Crippen LogP contribution in [0, 0.1) is 34.0 Å². The highest BCUT2D eigenvalue weighted by atomic mass is 16.6. The first kappa shape index (κ1) is 36.6. The monoisotopic (exact) mass is 686 g/mol. The van der Waals surface area contributed by atoms with Crippen LogP contribution in [0.1, 0.15) is 93.1 Å². The molecule has 12 nitrogen and oxygen atoms in total. The number of furan rings is 1. The second-order valence-electron chi connectivity index (χ2n) is 15.2. The molecule has 2 saturated carbocycles. The Morgan fingerprint density at radius 2 is 1.55 bits per heavy atom. The third-order valence-electron chi connectivity index (χ3n) is 12.0. The van der Waals surface area contributed by atoms with Crippen molar-refractivity contribution in [1.82, 2.24) is 0 Å². The lowest BCUT2D eigenvalue weighted by Crippen LogP contribution is -2.72. The topological polar surface area (TPSA) is 154 Å². The number of esters is 5. The summed E-state index contributed by atoms with van der Waals surface area (Å²) in [6.07, 6.45) is -0.404. The molecular weight excluding hydrogens is 636 g/mol. The summed E-state index contributed by atoms with van der Waals surface area (Å²) in [4.78, 5) is 65.2. The Morgan fingerprint density at radius 1 is 0.918 bits per heavy atom. The fourth-order valence-electron chi connectivity index (χ4n) is 10.1. The van der Waals surface area contributed by atoms with E-state index in [1.807, 2.05) is 33.8 Å². The predicted molar refractivity (Wildman–Crippen MR) is 172 cm³/mol. The second kappa shape index (κ2) is 13.2. The lowest BCUT2D eigenvalue weighted by molar-refractivity contribution is -0.261. The maximum Gasteiger partial charge on any atom is 0.308 e. The Balaban J connectivity index is 1.84. The van der Waals surface area contributed by atoms with Gasteiger partial charge in [0, 0.05) is 61.7 Å². The van der Waals surface area contributed by atoms with Crippen molar-refractivity contribution in [2.45, 2.75) is 118 Å². The van der Waals surface area contributed by atoms with Crippen LogP contribution in [0.5, 0.6) is 0 Å². The lowest BCUT2D eigenvalue weighted by atomic mass is 9.39. The Bertz CT molecular complexity index is 1510. The van der Waals surface area contributed by atoms with Crippen LogP contribution in [-0.4, -0.2) is 74.1 Å². The van der Waals surface area contributed by atoms with Gasteiger partial charge in [0.2, 0.25) is 0 Å². The lowest BCUT2D eigenvalue weighted by Gasteiger charge is -2.66. The summed E-state index contributed by atoms with van der Waals surface area (Å²) in [6, 6.07) is 1.86. The smallest absolute Gasteiger partial charge is 0.308 e. The molecule has 1 aromatic rings. The van der Waals surface area contributed by atoms with E-state index in [9.17, 15) is 24.0 Å². The zero-order valence-corrected chi connectivity index (χ0v) is 30.2. The van der Waals surface area contributed by atoms with E-state index >= 15 is 0 Å². The summed E-state index contributed by atoms with van der Waals surface area (Å²) >= 11 is 0. The molecule has 0 aromatic carbocycles. The maximum atomic E-state index is 13.7. The van der Waals surface area contributed by atoms with E-state index in [-0.39, 0.29) is 25.4 Å². The summed E-state index contributed by atoms with van der Waals surface area (Å²) in [5, 5.41) is 0. The normalized spacial score (nSPS) is 38.1. The van der Waals surface area contributed by atoms with Gasteiger partial charge in [0.1, 0.15) is 24.4 Å². The van der Waals surface area contributed by atoms with E-state index in [1.165, 1.54) is 27.9 Å². The van der Waals surface area contributed by atoms with Crippen LogP contribution in [0.3, 0.4) is 0 Å². The minimum Gasteiger partial charge on any atom is -0.472 e. The minimum atomic E-state index is -1.23. The first-order chi connectivity index (χ1) is 22.9. The van der Waals surface area contributed by atoms with Crippen LogP contribution in [0.15, 0.2) is 34.2 Å². The molecule has 1 saturated heterocycles. The van der Waals surface area contributed by atoms with Crippen LogP contribution < -0.4 is 0 Å². The SMILES string of the molecule is COC(=O)C[C@@H]1[C@@]2(C)[C@@H](OC(C)=O)C[C@@H](OC(C)=O)[C@@]3(C)CO[C@@H](C(OC(=O)C(C)C)[C@@]1(C)C1=C(C)[C@H](c4ccoc4)C[C@@H]1OC(C)=O)[C@H]32. The van der Waals surface area contributed by atoms with Crippen molar-refractivity contribution in [2.75, 3.05) is 13.7 Å². The van der Waals surface area contributed by atoms with E-state index in [4.69, 9.17) is 32.8 Å². The fourth-order valence-corrected chi connectivity index (χ4v) is 10.1. The highest BCUT2D eigenvalue weighted by Crippen LogP contribution is 2.72. The number of carbonyl (C=O) groups excluding carboxylic acids is 5. The summed E-state index contributed by atoms with van der Waals surface area (Å²) in [7, 11) is 1.31. The molecule has 0 radical (unpaired) electrons. The number of hydrogen-bond donors (Lipinski definition) is 0. The molecule has 5 rings (SSSR count). The number of hydrogen-bond acceptors (Lipinski definition) is 12. The number of carbonyl (C=O) groups is 5. The molecule has 3 aliphatic carbocycles.